The van der Waals surface area contributed by atoms with Gasteiger partial charge in [-0.05, 0) is 24.6 Å². The summed E-state index contributed by atoms with van der Waals surface area (Å²) >= 11 is 0. The molecule has 0 saturated carbocycles. The van der Waals surface area contributed by atoms with Crippen LogP contribution in [0.1, 0.15) is 18.2 Å². The molecule has 1 amide bonds. The molecule has 1 aromatic heterocycles. The molecule has 0 spiro atoms. The zero-order valence-corrected chi connectivity index (χ0v) is 10.6. The molecule has 2 rings (SSSR count). The van der Waals surface area contributed by atoms with Gasteiger partial charge >= 0.3 is 6.09 Å². The molecule has 0 aliphatic rings. The van der Waals surface area contributed by atoms with Gasteiger partial charge in [0.1, 0.15) is 0 Å². The van der Waals surface area contributed by atoms with Crippen molar-refractivity contribution in [3.05, 3.63) is 59.9 Å². The molecular formula is C14H15N3O2. The second kappa shape index (κ2) is 5.86. The van der Waals surface area contributed by atoms with E-state index in [1.165, 1.54) is 0 Å². The summed E-state index contributed by atoms with van der Waals surface area (Å²) in [6.45, 7) is 2.00. The van der Waals surface area contributed by atoms with Gasteiger partial charge in [-0.25, -0.2) is 4.79 Å². The standard InChI is InChI=1S/C14H15N3O2/c1-11(13-8-5-9-15-13)16-17(14(18)19)10-12-6-3-2-4-7-12/h2-9,15H,10H2,1H3,(H,18,19). The van der Waals surface area contributed by atoms with E-state index in [0.29, 0.717) is 5.71 Å². The molecule has 98 valence electrons. The van der Waals surface area contributed by atoms with E-state index in [4.69, 9.17) is 0 Å². The number of benzene rings is 1. The van der Waals surface area contributed by atoms with E-state index in [1.54, 1.807) is 13.1 Å². The number of nitrogens with one attached hydrogen (secondary N) is 1. The fourth-order valence-corrected chi connectivity index (χ4v) is 1.69. The van der Waals surface area contributed by atoms with Crippen LogP contribution in [0, 0.1) is 0 Å². The molecule has 0 radical (unpaired) electrons. The van der Waals surface area contributed by atoms with Crippen LogP contribution >= 0.6 is 0 Å². The van der Waals surface area contributed by atoms with Crippen LogP contribution in [-0.2, 0) is 6.54 Å². The van der Waals surface area contributed by atoms with Crippen LogP contribution in [0.15, 0.2) is 53.8 Å². The third kappa shape index (κ3) is 3.45. The van der Waals surface area contributed by atoms with Gasteiger partial charge < -0.3 is 10.1 Å². The Morgan fingerprint density at radius 3 is 2.58 bits per heavy atom. The molecule has 1 heterocycles. The minimum atomic E-state index is -1.07. The van der Waals surface area contributed by atoms with Crippen molar-refractivity contribution in [3.8, 4) is 0 Å². The molecule has 5 heteroatoms. The molecule has 0 fully saturated rings. The van der Waals surface area contributed by atoms with Crippen LogP contribution in [0.3, 0.4) is 0 Å². The number of carbonyl (C=O) groups is 1. The van der Waals surface area contributed by atoms with Crippen LogP contribution in [-0.4, -0.2) is 26.9 Å². The highest BCUT2D eigenvalue weighted by molar-refractivity contribution is 5.97. The Labute approximate surface area is 111 Å². The quantitative estimate of drug-likeness (QED) is 0.653. The van der Waals surface area contributed by atoms with Crippen LogP contribution in [0.2, 0.25) is 0 Å². The fourth-order valence-electron chi connectivity index (χ4n) is 1.69. The number of aromatic amines is 1. The second-order valence-corrected chi connectivity index (χ2v) is 4.10. The summed E-state index contributed by atoms with van der Waals surface area (Å²) in [5, 5.41) is 14.4. The summed E-state index contributed by atoms with van der Waals surface area (Å²) in [7, 11) is 0. The highest BCUT2D eigenvalue weighted by Crippen LogP contribution is 2.07. The van der Waals surface area contributed by atoms with Crippen molar-refractivity contribution in [2.75, 3.05) is 0 Å². The number of hydrazone groups is 1. The predicted molar refractivity (Wildman–Crippen MR) is 73.0 cm³/mol. The topological polar surface area (TPSA) is 68.7 Å². The van der Waals surface area contributed by atoms with E-state index >= 15 is 0 Å². The molecule has 0 atom stereocenters. The lowest BCUT2D eigenvalue weighted by Crippen LogP contribution is -2.25. The summed E-state index contributed by atoms with van der Waals surface area (Å²) in [6, 6.07) is 13.1. The van der Waals surface area contributed by atoms with Gasteiger partial charge in [-0.15, -0.1) is 0 Å². The summed E-state index contributed by atoms with van der Waals surface area (Å²) in [4.78, 5) is 14.2. The summed E-state index contributed by atoms with van der Waals surface area (Å²) in [5.41, 5.74) is 2.33. The number of aromatic nitrogens is 1. The largest absolute Gasteiger partial charge is 0.464 e. The maximum atomic E-state index is 11.2. The average Bonchev–Trinajstić information content (AvgIpc) is 2.93. The van der Waals surface area contributed by atoms with E-state index < -0.39 is 6.09 Å². The Morgan fingerprint density at radius 1 is 1.26 bits per heavy atom. The Kier molecular flexibility index (Phi) is 3.97. The molecule has 0 aliphatic carbocycles. The highest BCUT2D eigenvalue weighted by atomic mass is 16.4. The van der Waals surface area contributed by atoms with E-state index in [9.17, 15) is 9.90 Å². The number of rotatable bonds is 4. The van der Waals surface area contributed by atoms with Crippen molar-refractivity contribution in [2.45, 2.75) is 13.5 Å². The molecule has 0 bridgehead atoms. The first-order valence-corrected chi connectivity index (χ1v) is 5.90. The van der Waals surface area contributed by atoms with Crippen molar-refractivity contribution in [3.63, 3.8) is 0 Å². The number of amides is 1. The van der Waals surface area contributed by atoms with Gasteiger partial charge in [0.2, 0.25) is 0 Å². The average molecular weight is 257 g/mol. The number of H-pyrrole nitrogens is 1. The molecule has 0 saturated heterocycles. The Hall–Kier alpha value is -2.56. The smallest absolute Gasteiger partial charge is 0.428 e. The third-order valence-electron chi connectivity index (χ3n) is 2.65. The van der Waals surface area contributed by atoms with Gasteiger partial charge in [0.05, 0.1) is 18.0 Å². The van der Waals surface area contributed by atoms with Gasteiger partial charge in [-0.1, -0.05) is 30.3 Å². The first-order chi connectivity index (χ1) is 9.16. The number of hydrogen-bond donors (Lipinski definition) is 2. The van der Waals surface area contributed by atoms with Gasteiger partial charge in [0.15, 0.2) is 0 Å². The Bertz CT molecular complexity index is 562. The van der Waals surface area contributed by atoms with Crippen LogP contribution in [0.25, 0.3) is 0 Å². The number of nitrogens with zero attached hydrogens (tertiary/aromatic N) is 2. The van der Waals surface area contributed by atoms with Crippen LogP contribution < -0.4 is 0 Å². The molecule has 2 N–H and O–H groups in total. The molecular weight excluding hydrogens is 242 g/mol. The Morgan fingerprint density at radius 2 is 2.00 bits per heavy atom. The lowest BCUT2D eigenvalue weighted by atomic mass is 10.2. The van der Waals surface area contributed by atoms with Gasteiger partial charge in [-0.2, -0.15) is 10.1 Å². The SMILES string of the molecule is CC(=NN(Cc1ccccc1)C(=O)O)c1ccc[nH]1. The summed E-state index contributed by atoms with van der Waals surface area (Å²) < 4.78 is 0. The monoisotopic (exact) mass is 257 g/mol. The van der Waals surface area contributed by atoms with Crippen molar-refractivity contribution in [2.24, 2.45) is 5.10 Å². The predicted octanol–water partition coefficient (Wildman–Crippen LogP) is 2.92. The summed E-state index contributed by atoms with van der Waals surface area (Å²) in [6.07, 6.45) is 0.700. The number of carboxylic acid groups (broad SMARTS) is 1. The Balaban J connectivity index is 2.17. The van der Waals surface area contributed by atoms with Gasteiger partial charge in [-0.3, -0.25) is 0 Å². The van der Waals surface area contributed by atoms with Crippen LogP contribution in [0.4, 0.5) is 4.79 Å². The third-order valence-corrected chi connectivity index (χ3v) is 2.65. The van der Waals surface area contributed by atoms with E-state index in [1.807, 2.05) is 42.5 Å². The van der Waals surface area contributed by atoms with E-state index in [0.717, 1.165) is 16.3 Å². The van der Waals surface area contributed by atoms with Crippen molar-refractivity contribution < 1.29 is 9.90 Å². The molecule has 0 aliphatic heterocycles. The maximum Gasteiger partial charge on any atom is 0.428 e. The lowest BCUT2D eigenvalue weighted by Gasteiger charge is -2.14. The zero-order chi connectivity index (χ0) is 13.7. The van der Waals surface area contributed by atoms with Gasteiger partial charge in [0, 0.05) is 6.20 Å². The first-order valence-electron chi connectivity index (χ1n) is 5.90. The summed E-state index contributed by atoms with van der Waals surface area (Å²) in [5.74, 6) is 0. The molecule has 19 heavy (non-hydrogen) atoms. The molecule has 1 aromatic carbocycles. The van der Waals surface area contributed by atoms with Gasteiger partial charge in [0.25, 0.3) is 0 Å². The maximum absolute atomic E-state index is 11.2. The fraction of sp³-hybridized carbons (Fsp3) is 0.143. The van der Waals surface area contributed by atoms with Crippen molar-refractivity contribution >= 4 is 11.8 Å². The van der Waals surface area contributed by atoms with E-state index in [2.05, 4.69) is 10.1 Å². The minimum absolute atomic E-state index is 0.230. The molecule has 0 unspecified atom stereocenters. The molecule has 2 aromatic rings. The normalized spacial score (nSPS) is 11.3. The van der Waals surface area contributed by atoms with Crippen LogP contribution in [0.5, 0.6) is 0 Å². The molecule has 5 nitrogen and oxygen atoms in total. The zero-order valence-electron chi connectivity index (χ0n) is 10.6. The van der Waals surface area contributed by atoms with Crippen molar-refractivity contribution in [1.29, 1.82) is 0 Å². The van der Waals surface area contributed by atoms with E-state index in [-0.39, 0.29) is 6.54 Å². The minimum Gasteiger partial charge on any atom is -0.464 e. The highest BCUT2D eigenvalue weighted by Gasteiger charge is 2.12. The lowest BCUT2D eigenvalue weighted by molar-refractivity contribution is 0.144. The first kappa shape index (κ1) is 12.9. The second-order valence-electron chi connectivity index (χ2n) is 4.10. The number of hydrogen-bond acceptors (Lipinski definition) is 2. The van der Waals surface area contributed by atoms with Crippen molar-refractivity contribution in [1.82, 2.24) is 9.99 Å².